The number of thioether (sulfide) groups is 1. The monoisotopic (exact) mass is 274 g/mol. The maximum Gasteiger partial charge on any atom is 0.104 e. The SMILES string of the molecule is Cc1ccc(SCc2ccc(C#CCO)s2)cc1. The molecule has 0 atom stereocenters. The van der Waals surface area contributed by atoms with Crippen LogP contribution in [0.5, 0.6) is 0 Å². The number of benzene rings is 1. The van der Waals surface area contributed by atoms with Gasteiger partial charge >= 0.3 is 0 Å². The lowest BCUT2D eigenvalue weighted by Crippen LogP contribution is -1.75. The second-order valence-electron chi connectivity index (χ2n) is 3.83. The third-order valence-corrected chi connectivity index (χ3v) is 4.60. The highest BCUT2D eigenvalue weighted by atomic mass is 32.2. The van der Waals surface area contributed by atoms with E-state index in [1.807, 2.05) is 17.8 Å². The summed E-state index contributed by atoms with van der Waals surface area (Å²) in [5.41, 5.74) is 1.29. The summed E-state index contributed by atoms with van der Waals surface area (Å²) in [4.78, 5) is 3.61. The highest BCUT2D eigenvalue weighted by Crippen LogP contribution is 2.26. The fourth-order valence-corrected chi connectivity index (χ4v) is 3.26. The molecule has 1 N–H and O–H groups in total. The Labute approximate surface area is 116 Å². The Kier molecular flexibility index (Phi) is 4.89. The summed E-state index contributed by atoms with van der Waals surface area (Å²) in [5, 5.41) is 8.64. The normalized spacial score (nSPS) is 9.89. The van der Waals surface area contributed by atoms with Gasteiger partial charge in [-0.1, -0.05) is 29.5 Å². The van der Waals surface area contributed by atoms with Crippen molar-refractivity contribution in [2.75, 3.05) is 6.61 Å². The van der Waals surface area contributed by atoms with E-state index in [1.54, 1.807) is 11.3 Å². The number of hydrogen-bond donors (Lipinski definition) is 1. The Morgan fingerprint density at radius 2 is 1.94 bits per heavy atom. The Hall–Kier alpha value is -1.21. The summed E-state index contributed by atoms with van der Waals surface area (Å²) in [6.07, 6.45) is 0. The minimum absolute atomic E-state index is 0.0780. The lowest BCUT2D eigenvalue weighted by Gasteiger charge is -1.99. The molecule has 2 aromatic rings. The molecule has 1 nitrogen and oxygen atoms in total. The van der Waals surface area contributed by atoms with Crippen molar-refractivity contribution in [3.05, 3.63) is 51.7 Å². The minimum atomic E-state index is -0.0780. The minimum Gasteiger partial charge on any atom is -0.384 e. The second kappa shape index (κ2) is 6.65. The van der Waals surface area contributed by atoms with Gasteiger partial charge in [0.1, 0.15) is 6.61 Å². The van der Waals surface area contributed by atoms with E-state index >= 15 is 0 Å². The summed E-state index contributed by atoms with van der Waals surface area (Å²) in [5.74, 6) is 6.56. The van der Waals surface area contributed by atoms with Gasteiger partial charge in [0.25, 0.3) is 0 Å². The molecule has 0 aliphatic heterocycles. The highest BCUT2D eigenvalue weighted by molar-refractivity contribution is 7.98. The molecule has 0 fully saturated rings. The van der Waals surface area contributed by atoms with Gasteiger partial charge in [-0.05, 0) is 31.2 Å². The predicted molar refractivity (Wildman–Crippen MR) is 79.0 cm³/mol. The molecule has 0 saturated heterocycles. The van der Waals surface area contributed by atoms with E-state index in [-0.39, 0.29) is 6.61 Å². The van der Waals surface area contributed by atoms with Gasteiger partial charge in [-0.3, -0.25) is 0 Å². The first-order valence-electron chi connectivity index (χ1n) is 5.66. The van der Waals surface area contributed by atoms with Crippen LogP contribution in [0, 0.1) is 18.8 Å². The fraction of sp³-hybridized carbons (Fsp3) is 0.200. The maximum absolute atomic E-state index is 8.64. The molecular formula is C15H14OS2. The van der Waals surface area contributed by atoms with Crippen molar-refractivity contribution in [3.63, 3.8) is 0 Å². The molecule has 0 bridgehead atoms. The third-order valence-electron chi connectivity index (χ3n) is 2.35. The first-order valence-corrected chi connectivity index (χ1v) is 7.46. The first kappa shape index (κ1) is 13.2. The van der Waals surface area contributed by atoms with E-state index in [4.69, 9.17) is 5.11 Å². The molecule has 0 saturated carbocycles. The Morgan fingerprint density at radius 3 is 2.67 bits per heavy atom. The van der Waals surface area contributed by atoms with E-state index in [9.17, 15) is 0 Å². The van der Waals surface area contributed by atoms with Gasteiger partial charge in [0.05, 0.1) is 4.88 Å². The Balaban J connectivity index is 1.94. The smallest absolute Gasteiger partial charge is 0.104 e. The Bertz CT molecular complexity index is 558. The van der Waals surface area contributed by atoms with Crippen molar-refractivity contribution in [2.24, 2.45) is 0 Å². The standard InChI is InChI=1S/C15H14OS2/c1-12-4-6-13(7-5-12)17-11-15-9-8-14(18-15)3-2-10-16/h4-9,16H,10-11H2,1H3. The number of aryl methyl sites for hydroxylation is 1. The van der Waals surface area contributed by atoms with Crippen LogP contribution < -0.4 is 0 Å². The van der Waals surface area contributed by atoms with Crippen molar-refractivity contribution in [2.45, 2.75) is 17.6 Å². The van der Waals surface area contributed by atoms with E-state index in [0.29, 0.717) is 0 Å². The van der Waals surface area contributed by atoms with Crippen LogP contribution in [0.3, 0.4) is 0 Å². The largest absolute Gasteiger partial charge is 0.384 e. The lowest BCUT2D eigenvalue weighted by molar-refractivity contribution is 0.350. The van der Waals surface area contributed by atoms with Crippen molar-refractivity contribution in [1.82, 2.24) is 0 Å². The molecule has 0 unspecified atom stereocenters. The molecule has 0 spiro atoms. The highest BCUT2D eigenvalue weighted by Gasteiger charge is 2.00. The maximum atomic E-state index is 8.64. The molecule has 1 aromatic carbocycles. The van der Waals surface area contributed by atoms with E-state index < -0.39 is 0 Å². The van der Waals surface area contributed by atoms with Gasteiger partial charge in [0, 0.05) is 15.5 Å². The van der Waals surface area contributed by atoms with Crippen LogP contribution in [0.4, 0.5) is 0 Å². The number of hydrogen-bond acceptors (Lipinski definition) is 3. The molecular weight excluding hydrogens is 260 g/mol. The molecule has 1 aromatic heterocycles. The number of aliphatic hydroxyl groups excluding tert-OH is 1. The molecule has 1 heterocycles. The van der Waals surface area contributed by atoms with E-state index in [1.165, 1.54) is 15.3 Å². The summed E-state index contributed by atoms with van der Waals surface area (Å²) in [6, 6.07) is 12.7. The van der Waals surface area contributed by atoms with Gasteiger partial charge in [-0.15, -0.1) is 23.1 Å². The van der Waals surface area contributed by atoms with Crippen LogP contribution in [-0.4, -0.2) is 11.7 Å². The summed E-state index contributed by atoms with van der Waals surface area (Å²) in [7, 11) is 0. The van der Waals surface area contributed by atoms with Crippen LogP contribution in [0.1, 0.15) is 15.3 Å². The zero-order valence-corrected chi connectivity index (χ0v) is 11.8. The average Bonchev–Trinajstić information content (AvgIpc) is 2.84. The molecule has 18 heavy (non-hydrogen) atoms. The van der Waals surface area contributed by atoms with Crippen molar-refractivity contribution in [1.29, 1.82) is 0 Å². The molecule has 92 valence electrons. The van der Waals surface area contributed by atoms with Gasteiger partial charge in [0.2, 0.25) is 0 Å². The topological polar surface area (TPSA) is 20.2 Å². The average molecular weight is 274 g/mol. The molecule has 0 aliphatic carbocycles. The predicted octanol–water partition coefficient (Wildman–Crippen LogP) is 3.69. The zero-order chi connectivity index (χ0) is 12.8. The molecule has 0 radical (unpaired) electrons. The van der Waals surface area contributed by atoms with Crippen LogP contribution in [-0.2, 0) is 5.75 Å². The van der Waals surface area contributed by atoms with Crippen LogP contribution in [0.25, 0.3) is 0 Å². The van der Waals surface area contributed by atoms with Crippen LogP contribution in [0.15, 0.2) is 41.3 Å². The van der Waals surface area contributed by atoms with Crippen molar-refractivity contribution in [3.8, 4) is 11.8 Å². The second-order valence-corrected chi connectivity index (χ2v) is 6.04. The first-order chi connectivity index (χ1) is 8.78. The molecule has 0 aliphatic rings. The lowest BCUT2D eigenvalue weighted by atomic mass is 10.2. The molecule has 2 rings (SSSR count). The Morgan fingerprint density at radius 1 is 1.17 bits per heavy atom. The van der Waals surface area contributed by atoms with E-state index in [0.717, 1.165) is 10.6 Å². The van der Waals surface area contributed by atoms with Gasteiger partial charge in [-0.2, -0.15) is 0 Å². The van der Waals surface area contributed by atoms with Gasteiger partial charge in [0.15, 0.2) is 0 Å². The number of thiophene rings is 1. The summed E-state index contributed by atoms with van der Waals surface area (Å²) >= 11 is 3.52. The van der Waals surface area contributed by atoms with Crippen LogP contribution >= 0.6 is 23.1 Å². The number of rotatable bonds is 3. The summed E-state index contributed by atoms with van der Waals surface area (Å²) < 4.78 is 0. The van der Waals surface area contributed by atoms with E-state index in [2.05, 4.69) is 49.1 Å². The quantitative estimate of drug-likeness (QED) is 0.680. The van der Waals surface area contributed by atoms with Crippen molar-refractivity contribution >= 4 is 23.1 Å². The summed E-state index contributed by atoms with van der Waals surface area (Å²) in [6.45, 7) is 2.02. The van der Waals surface area contributed by atoms with Crippen LogP contribution in [0.2, 0.25) is 0 Å². The third kappa shape index (κ3) is 3.92. The van der Waals surface area contributed by atoms with Gasteiger partial charge in [-0.25, -0.2) is 0 Å². The van der Waals surface area contributed by atoms with Crippen molar-refractivity contribution < 1.29 is 5.11 Å². The van der Waals surface area contributed by atoms with Gasteiger partial charge < -0.3 is 5.11 Å². The molecule has 3 heteroatoms. The molecule has 0 amide bonds. The number of aliphatic hydroxyl groups is 1. The zero-order valence-electron chi connectivity index (χ0n) is 10.1. The fourth-order valence-electron chi connectivity index (χ4n) is 1.44.